The first-order chi connectivity index (χ1) is 21.9. The van der Waals surface area contributed by atoms with Crippen LogP contribution in [0.3, 0.4) is 0 Å². The monoisotopic (exact) mass is 631 g/mol. The van der Waals surface area contributed by atoms with Crippen molar-refractivity contribution in [3.8, 4) is 0 Å². The van der Waals surface area contributed by atoms with E-state index in [1.807, 2.05) is 121 Å². The highest BCUT2D eigenvalue weighted by atomic mass is 32.2. The molecule has 4 aromatic rings. The number of hydrogen-bond donors (Lipinski definition) is 0. The van der Waals surface area contributed by atoms with Gasteiger partial charge in [0.15, 0.2) is 12.2 Å². The van der Waals surface area contributed by atoms with Gasteiger partial charge in [-0.1, -0.05) is 121 Å². The van der Waals surface area contributed by atoms with Gasteiger partial charge in [-0.05, 0) is 27.4 Å². The van der Waals surface area contributed by atoms with Gasteiger partial charge in [-0.25, -0.2) is 0 Å². The van der Waals surface area contributed by atoms with E-state index in [0.717, 1.165) is 28.5 Å². The molecule has 0 radical (unpaired) electrons. The minimum atomic E-state index is -3.94. The van der Waals surface area contributed by atoms with Crippen molar-refractivity contribution >= 4 is 16.0 Å². The molecule has 0 bridgehead atoms. The number of nitrogens with zero attached hydrogens (tertiary/aromatic N) is 1. The van der Waals surface area contributed by atoms with Crippen LogP contribution in [0.15, 0.2) is 126 Å². The van der Waals surface area contributed by atoms with Gasteiger partial charge in [0, 0.05) is 0 Å². The van der Waals surface area contributed by atoms with Crippen molar-refractivity contribution in [2.24, 2.45) is 5.16 Å². The molecular formula is C35H37NO8S. The van der Waals surface area contributed by atoms with Crippen molar-refractivity contribution in [2.45, 2.75) is 50.8 Å². The van der Waals surface area contributed by atoms with E-state index in [-0.39, 0.29) is 32.3 Å². The van der Waals surface area contributed by atoms with Gasteiger partial charge >= 0.3 is 10.1 Å². The zero-order valence-electron chi connectivity index (χ0n) is 25.0. The summed E-state index contributed by atoms with van der Waals surface area (Å²) < 4.78 is 60.7. The highest BCUT2D eigenvalue weighted by Gasteiger charge is 2.48. The number of oxime groups is 1. The first-order valence-electron chi connectivity index (χ1n) is 14.7. The van der Waals surface area contributed by atoms with Gasteiger partial charge in [0.1, 0.15) is 12.2 Å². The van der Waals surface area contributed by atoms with Gasteiger partial charge in [-0.2, -0.15) is 8.42 Å². The van der Waals surface area contributed by atoms with Gasteiger partial charge < -0.3 is 23.7 Å². The molecule has 9 nitrogen and oxygen atoms in total. The summed E-state index contributed by atoms with van der Waals surface area (Å²) in [6.07, 6.45) is -2.27. The summed E-state index contributed by atoms with van der Waals surface area (Å²) in [5, 5.41) is 3.91. The quantitative estimate of drug-likeness (QED) is 0.155. The molecule has 0 N–H and O–H groups in total. The van der Waals surface area contributed by atoms with Crippen molar-refractivity contribution in [3.63, 3.8) is 0 Å². The van der Waals surface area contributed by atoms with Gasteiger partial charge in [0.05, 0.1) is 39.3 Å². The summed E-state index contributed by atoms with van der Waals surface area (Å²) in [6, 6.07) is 38.8. The zero-order valence-corrected chi connectivity index (χ0v) is 25.8. The summed E-state index contributed by atoms with van der Waals surface area (Å²) in [6.45, 7) is 1.12. The van der Waals surface area contributed by atoms with Crippen molar-refractivity contribution in [1.82, 2.24) is 0 Å². The van der Waals surface area contributed by atoms with E-state index in [1.165, 1.54) is 0 Å². The molecule has 236 valence electrons. The molecule has 5 rings (SSSR count). The molecule has 1 fully saturated rings. The molecule has 0 aliphatic carbocycles. The highest BCUT2D eigenvalue weighted by molar-refractivity contribution is 7.85. The van der Waals surface area contributed by atoms with E-state index in [1.54, 1.807) is 0 Å². The lowest BCUT2D eigenvalue weighted by Gasteiger charge is -2.42. The predicted octanol–water partition coefficient (Wildman–Crippen LogP) is 5.65. The Morgan fingerprint density at radius 3 is 1.49 bits per heavy atom. The fraction of sp³-hybridized carbons (Fsp3) is 0.286. The molecular weight excluding hydrogens is 594 g/mol. The standard InChI is InChI=1S/C35H37NO8S/c1-45(37,38)44-36-35-34(42-25-30-20-12-5-13-21-30)33(41-24-29-18-10-4-11-19-29)32(40-23-28-16-8-3-9-17-28)31(43-35)26-39-22-27-14-6-2-7-15-27/h2-21,31-34H,22-26H2,1H3/b36-35-/t31-,32+,33+,34-/m1/s1. The van der Waals surface area contributed by atoms with Gasteiger partial charge in [0.25, 0.3) is 5.90 Å². The molecule has 45 heavy (non-hydrogen) atoms. The molecule has 0 saturated carbocycles. The summed E-state index contributed by atoms with van der Waals surface area (Å²) in [5.41, 5.74) is 3.79. The molecule has 0 amide bonds. The number of rotatable bonds is 15. The molecule has 0 unspecified atom stereocenters. The second-order valence-corrected chi connectivity index (χ2v) is 12.2. The fourth-order valence-corrected chi connectivity index (χ4v) is 5.04. The normalized spacial score (nSPS) is 20.9. The molecule has 1 saturated heterocycles. The van der Waals surface area contributed by atoms with Crippen LogP contribution in [0.1, 0.15) is 22.3 Å². The second kappa shape index (κ2) is 16.3. The Morgan fingerprint density at radius 2 is 1.02 bits per heavy atom. The Bertz CT molecular complexity index is 1570. The highest BCUT2D eigenvalue weighted by Crippen LogP contribution is 2.29. The average Bonchev–Trinajstić information content (AvgIpc) is 3.06. The van der Waals surface area contributed by atoms with E-state index in [4.69, 9.17) is 28.0 Å². The second-order valence-electron chi connectivity index (χ2n) is 10.6. The SMILES string of the molecule is CS(=O)(=O)O/N=C1\O[C@H](COCc2ccccc2)[C@H](OCc2ccccc2)[C@H](OCc2ccccc2)[C@H]1OCc1ccccc1. The van der Waals surface area contributed by atoms with E-state index in [2.05, 4.69) is 5.16 Å². The number of ether oxygens (including phenoxy) is 5. The van der Waals surface area contributed by atoms with Gasteiger partial charge in [-0.15, -0.1) is 0 Å². The zero-order chi connectivity index (χ0) is 31.3. The third-order valence-electron chi connectivity index (χ3n) is 7.00. The van der Waals surface area contributed by atoms with E-state index in [0.29, 0.717) is 6.61 Å². The number of hydrogen-bond acceptors (Lipinski definition) is 9. The Balaban J connectivity index is 1.47. The summed E-state index contributed by atoms with van der Waals surface area (Å²) in [7, 11) is -3.94. The Hall–Kier alpha value is -4.06. The van der Waals surface area contributed by atoms with Crippen molar-refractivity contribution in [1.29, 1.82) is 0 Å². The van der Waals surface area contributed by atoms with Crippen LogP contribution < -0.4 is 0 Å². The Morgan fingerprint density at radius 1 is 0.600 bits per heavy atom. The largest absolute Gasteiger partial charge is 0.468 e. The molecule has 0 aromatic heterocycles. The minimum absolute atomic E-state index is 0.0812. The molecule has 4 atom stereocenters. The van der Waals surface area contributed by atoms with Crippen LogP contribution in [0.4, 0.5) is 0 Å². The van der Waals surface area contributed by atoms with E-state index < -0.39 is 34.5 Å². The van der Waals surface area contributed by atoms with E-state index >= 15 is 0 Å². The predicted molar refractivity (Wildman–Crippen MR) is 169 cm³/mol. The topological polar surface area (TPSA) is 102 Å². The maximum atomic E-state index is 12.0. The maximum Gasteiger partial charge on any atom is 0.325 e. The van der Waals surface area contributed by atoms with Crippen LogP contribution in [0.25, 0.3) is 0 Å². The fourth-order valence-electron chi connectivity index (χ4n) is 4.83. The van der Waals surface area contributed by atoms with Gasteiger partial charge in [-0.3, -0.25) is 4.28 Å². The first kappa shape index (κ1) is 32.3. The lowest BCUT2D eigenvalue weighted by atomic mass is 9.98. The van der Waals surface area contributed by atoms with Crippen molar-refractivity contribution in [3.05, 3.63) is 144 Å². The molecule has 4 aromatic carbocycles. The van der Waals surface area contributed by atoms with Crippen molar-refractivity contribution < 1.29 is 36.4 Å². The lowest BCUT2D eigenvalue weighted by Crippen LogP contribution is -2.59. The third kappa shape index (κ3) is 10.2. The lowest BCUT2D eigenvalue weighted by molar-refractivity contribution is -0.197. The average molecular weight is 632 g/mol. The Kier molecular flexibility index (Phi) is 11.7. The minimum Gasteiger partial charge on any atom is -0.468 e. The Labute approximate surface area is 264 Å². The van der Waals surface area contributed by atoms with Crippen LogP contribution in [0.2, 0.25) is 0 Å². The molecule has 0 spiro atoms. The summed E-state index contributed by atoms with van der Waals surface area (Å²) in [5.74, 6) is -0.0812. The molecule has 1 aliphatic heterocycles. The van der Waals surface area contributed by atoms with Crippen molar-refractivity contribution in [2.75, 3.05) is 12.9 Å². The molecule has 1 heterocycles. The molecule has 1 aliphatic rings. The van der Waals surface area contributed by atoms with E-state index in [9.17, 15) is 8.42 Å². The van der Waals surface area contributed by atoms with Crippen LogP contribution in [-0.2, 0) is 64.5 Å². The summed E-state index contributed by atoms with van der Waals surface area (Å²) in [4.78, 5) is 0. The number of benzene rings is 4. The van der Waals surface area contributed by atoms with Crippen LogP contribution >= 0.6 is 0 Å². The van der Waals surface area contributed by atoms with Gasteiger partial charge in [0.2, 0.25) is 0 Å². The summed E-state index contributed by atoms with van der Waals surface area (Å²) >= 11 is 0. The van der Waals surface area contributed by atoms with Crippen LogP contribution in [0, 0.1) is 0 Å². The first-order valence-corrected chi connectivity index (χ1v) is 16.5. The third-order valence-corrected chi connectivity index (χ3v) is 7.35. The maximum absolute atomic E-state index is 12.0. The van der Waals surface area contributed by atoms with Crippen LogP contribution in [0.5, 0.6) is 0 Å². The van der Waals surface area contributed by atoms with Crippen LogP contribution in [-0.4, -0.2) is 51.6 Å². The smallest absolute Gasteiger partial charge is 0.325 e. The molecule has 10 heteroatoms.